The van der Waals surface area contributed by atoms with Crippen molar-refractivity contribution in [1.29, 1.82) is 0 Å². The van der Waals surface area contributed by atoms with Gasteiger partial charge in [0, 0.05) is 18.5 Å². The zero-order valence-electron chi connectivity index (χ0n) is 19.3. The number of benzene rings is 3. The van der Waals surface area contributed by atoms with E-state index in [1.165, 1.54) is 7.11 Å². The van der Waals surface area contributed by atoms with Gasteiger partial charge in [-0.1, -0.05) is 66.7 Å². The van der Waals surface area contributed by atoms with Gasteiger partial charge in [-0.25, -0.2) is 14.5 Å². The molecule has 2 aliphatic rings. The predicted octanol–water partition coefficient (Wildman–Crippen LogP) is 4.42. The highest BCUT2D eigenvalue weighted by Gasteiger charge is 2.59. The Labute approximate surface area is 199 Å². The van der Waals surface area contributed by atoms with Gasteiger partial charge >= 0.3 is 11.9 Å². The minimum atomic E-state index is -1.07. The maximum absolute atomic E-state index is 13.8. The first kappa shape index (κ1) is 22.2. The molecule has 2 unspecified atom stereocenters. The minimum Gasteiger partial charge on any atom is -0.496 e. The smallest absolute Gasteiger partial charge is 0.342 e. The third-order valence-electron chi connectivity index (χ3n) is 6.76. The van der Waals surface area contributed by atoms with Crippen LogP contribution in [0.3, 0.4) is 0 Å². The van der Waals surface area contributed by atoms with Crippen LogP contribution in [0.1, 0.15) is 45.8 Å². The van der Waals surface area contributed by atoms with Gasteiger partial charge in [-0.15, -0.1) is 0 Å². The van der Waals surface area contributed by atoms with Crippen molar-refractivity contribution in [3.05, 3.63) is 101 Å². The van der Waals surface area contributed by atoms with E-state index in [0.29, 0.717) is 23.4 Å². The van der Waals surface area contributed by atoms with Crippen LogP contribution in [0, 0.1) is 0 Å². The fourth-order valence-electron chi connectivity index (χ4n) is 5.27. The number of esters is 2. The van der Waals surface area contributed by atoms with E-state index in [-0.39, 0.29) is 19.0 Å². The van der Waals surface area contributed by atoms with E-state index in [4.69, 9.17) is 14.2 Å². The van der Waals surface area contributed by atoms with Crippen LogP contribution in [0.15, 0.2) is 72.8 Å². The van der Waals surface area contributed by atoms with Crippen molar-refractivity contribution in [3.8, 4) is 5.75 Å². The van der Waals surface area contributed by atoms with Gasteiger partial charge in [0.15, 0.2) is 11.8 Å². The van der Waals surface area contributed by atoms with Crippen molar-refractivity contribution in [2.24, 2.45) is 0 Å². The molecule has 0 saturated carbocycles. The topological polar surface area (TPSA) is 65.1 Å². The van der Waals surface area contributed by atoms with Gasteiger partial charge < -0.3 is 14.2 Å². The van der Waals surface area contributed by atoms with Crippen LogP contribution in [-0.4, -0.2) is 37.1 Å². The average molecular weight is 458 g/mol. The zero-order valence-corrected chi connectivity index (χ0v) is 19.3. The molecule has 0 aromatic heterocycles. The van der Waals surface area contributed by atoms with E-state index in [1.807, 2.05) is 60.7 Å². The second kappa shape index (κ2) is 8.95. The van der Waals surface area contributed by atoms with E-state index in [0.717, 1.165) is 23.1 Å². The lowest BCUT2D eigenvalue weighted by Crippen LogP contribution is -2.52. The molecule has 0 N–H and O–H groups in total. The lowest BCUT2D eigenvalue weighted by molar-refractivity contribution is -0.146. The van der Waals surface area contributed by atoms with E-state index in [2.05, 4.69) is 11.0 Å². The van der Waals surface area contributed by atoms with Gasteiger partial charge in [-0.2, -0.15) is 0 Å². The molecule has 3 aromatic carbocycles. The van der Waals surface area contributed by atoms with Crippen LogP contribution in [0.2, 0.25) is 0 Å². The van der Waals surface area contributed by atoms with Crippen molar-refractivity contribution in [2.45, 2.75) is 31.5 Å². The van der Waals surface area contributed by atoms with Gasteiger partial charge in [-0.05, 0) is 36.1 Å². The lowest BCUT2D eigenvalue weighted by Gasteiger charge is -2.41. The first-order valence-corrected chi connectivity index (χ1v) is 11.5. The second-order valence-corrected chi connectivity index (χ2v) is 8.52. The van der Waals surface area contributed by atoms with Crippen LogP contribution >= 0.6 is 0 Å². The summed E-state index contributed by atoms with van der Waals surface area (Å²) in [5.41, 5.74) is 2.93. The molecule has 5 rings (SSSR count). The number of hydrogen-bond donors (Lipinski definition) is 0. The standard InChI is InChI=1S/C28H27NO5/c1-3-33-26(30)24-21(13-9-15-23(24)32-2)18-28-22-14-8-7-10-19(22)16-17-29(28)25(34-27(28)31)20-11-5-4-6-12-20/h4-15,25H,3,16-18H2,1-2H3. The van der Waals surface area contributed by atoms with E-state index >= 15 is 0 Å². The number of carbonyl (C=O) groups excluding carboxylic acids is 2. The molecule has 2 atom stereocenters. The number of hydrogen-bond acceptors (Lipinski definition) is 6. The summed E-state index contributed by atoms with van der Waals surface area (Å²) in [5, 5.41) is 0. The lowest BCUT2D eigenvalue weighted by atomic mass is 9.76. The van der Waals surface area contributed by atoms with Crippen LogP contribution in [-0.2, 0) is 32.6 Å². The number of cyclic esters (lactones) is 1. The fourth-order valence-corrected chi connectivity index (χ4v) is 5.27. The van der Waals surface area contributed by atoms with Crippen molar-refractivity contribution >= 4 is 11.9 Å². The molecule has 0 amide bonds. The summed E-state index contributed by atoms with van der Waals surface area (Å²) in [6.45, 7) is 2.67. The van der Waals surface area contributed by atoms with E-state index in [9.17, 15) is 9.59 Å². The Morgan fingerprint density at radius 1 is 1.06 bits per heavy atom. The van der Waals surface area contributed by atoms with Gasteiger partial charge in [0.2, 0.25) is 0 Å². The Morgan fingerprint density at radius 3 is 2.59 bits per heavy atom. The summed E-state index contributed by atoms with van der Waals surface area (Å²) in [6.07, 6.45) is 0.567. The number of carbonyl (C=O) groups is 2. The summed E-state index contributed by atoms with van der Waals surface area (Å²) in [7, 11) is 1.53. The largest absolute Gasteiger partial charge is 0.496 e. The number of methoxy groups -OCH3 is 1. The van der Waals surface area contributed by atoms with Gasteiger partial charge in [0.25, 0.3) is 0 Å². The fraction of sp³-hybridized carbons (Fsp3) is 0.286. The number of nitrogens with zero attached hydrogens (tertiary/aromatic N) is 1. The van der Waals surface area contributed by atoms with Crippen LogP contribution in [0.25, 0.3) is 0 Å². The number of fused-ring (bicyclic) bond motifs is 3. The Hall–Kier alpha value is -3.64. The van der Waals surface area contributed by atoms with Crippen LogP contribution in [0.4, 0.5) is 0 Å². The molecule has 0 bridgehead atoms. The maximum Gasteiger partial charge on any atom is 0.342 e. The van der Waals surface area contributed by atoms with Crippen LogP contribution in [0.5, 0.6) is 5.75 Å². The summed E-state index contributed by atoms with van der Waals surface area (Å²) in [4.78, 5) is 28.9. The molecule has 2 heterocycles. The van der Waals surface area contributed by atoms with Gasteiger partial charge in [0.1, 0.15) is 11.3 Å². The molecule has 1 fully saturated rings. The molecule has 2 aliphatic heterocycles. The van der Waals surface area contributed by atoms with E-state index in [1.54, 1.807) is 13.0 Å². The Kier molecular flexibility index (Phi) is 5.84. The van der Waals surface area contributed by atoms with Gasteiger partial charge in [-0.3, -0.25) is 0 Å². The number of ether oxygens (including phenoxy) is 3. The third-order valence-corrected chi connectivity index (χ3v) is 6.76. The van der Waals surface area contributed by atoms with Crippen molar-refractivity contribution in [1.82, 2.24) is 4.90 Å². The molecule has 6 nitrogen and oxygen atoms in total. The zero-order chi connectivity index (χ0) is 23.7. The van der Waals surface area contributed by atoms with Crippen LogP contribution < -0.4 is 4.74 Å². The molecule has 0 radical (unpaired) electrons. The summed E-state index contributed by atoms with van der Waals surface area (Å²) >= 11 is 0. The molecular formula is C28H27NO5. The molecule has 174 valence electrons. The SMILES string of the molecule is CCOC(=O)c1c(CC23C(=O)OC(c4ccccc4)N2CCc2ccccc23)cccc1OC. The van der Waals surface area contributed by atoms with Crippen molar-refractivity contribution in [3.63, 3.8) is 0 Å². The predicted molar refractivity (Wildman–Crippen MR) is 126 cm³/mol. The monoisotopic (exact) mass is 457 g/mol. The molecule has 6 heteroatoms. The average Bonchev–Trinajstić information content (AvgIpc) is 3.16. The molecular weight excluding hydrogens is 430 g/mol. The Bertz CT molecular complexity index is 1220. The number of rotatable bonds is 6. The third kappa shape index (κ3) is 3.46. The Balaban J connectivity index is 1.68. The highest BCUT2D eigenvalue weighted by molar-refractivity contribution is 5.95. The summed E-state index contributed by atoms with van der Waals surface area (Å²) in [5.74, 6) is -0.354. The first-order chi connectivity index (χ1) is 16.6. The summed E-state index contributed by atoms with van der Waals surface area (Å²) in [6, 6.07) is 23.2. The maximum atomic E-state index is 13.8. The normalized spacial score (nSPS) is 21.4. The van der Waals surface area contributed by atoms with Crippen molar-refractivity contribution in [2.75, 3.05) is 20.3 Å². The second-order valence-electron chi connectivity index (χ2n) is 8.52. The van der Waals surface area contributed by atoms with E-state index < -0.39 is 17.7 Å². The van der Waals surface area contributed by atoms with Gasteiger partial charge in [0.05, 0.1) is 13.7 Å². The highest BCUT2D eigenvalue weighted by Crippen LogP contribution is 2.50. The Morgan fingerprint density at radius 2 is 1.82 bits per heavy atom. The minimum absolute atomic E-state index is 0.245. The first-order valence-electron chi connectivity index (χ1n) is 11.5. The molecule has 34 heavy (non-hydrogen) atoms. The highest BCUT2D eigenvalue weighted by atomic mass is 16.6. The van der Waals surface area contributed by atoms with Crippen molar-refractivity contribution < 1.29 is 23.8 Å². The molecule has 0 aliphatic carbocycles. The molecule has 0 spiro atoms. The summed E-state index contributed by atoms with van der Waals surface area (Å²) < 4.78 is 16.9. The molecule has 3 aromatic rings. The molecule has 1 saturated heterocycles. The quantitative estimate of drug-likeness (QED) is 0.511.